The maximum Gasteiger partial charge on any atom is 0.226 e. The van der Waals surface area contributed by atoms with Crippen LogP contribution in [-0.4, -0.2) is 37.3 Å². The summed E-state index contributed by atoms with van der Waals surface area (Å²) in [6.45, 7) is 9.09. The highest BCUT2D eigenvalue weighted by Crippen LogP contribution is 2.29. The molecule has 1 aliphatic heterocycles. The molecule has 106 valence electrons. The van der Waals surface area contributed by atoms with Gasteiger partial charge in [-0.05, 0) is 44.2 Å². The van der Waals surface area contributed by atoms with E-state index in [-0.39, 0.29) is 23.3 Å². The normalized spacial score (nSPS) is 19.6. The van der Waals surface area contributed by atoms with Crippen LogP contribution in [-0.2, 0) is 4.79 Å². The predicted octanol–water partition coefficient (Wildman–Crippen LogP) is 1.29. The van der Waals surface area contributed by atoms with Crippen molar-refractivity contribution in [1.82, 2.24) is 10.6 Å². The summed E-state index contributed by atoms with van der Waals surface area (Å²) in [6.07, 6.45) is 3.55. The fourth-order valence-corrected chi connectivity index (χ4v) is 2.38. The zero-order valence-corrected chi connectivity index (χ0v) is 12.0. The van der Waals surface area contributed by atoms with E-state index in [1.807, 2.05) is 0 Å². The van der Waals surface area contributed by atoms with Crippen molar-refractivity contribution in [1.29, 1.82) is 0 Å². The lowest BCUT2D eigenvalue weighted by Crippen LogP contribution is -2.47. The Morgan fingerprint density at radius 3 is 2.56 bits per heavy atom. The van der Waals surface area contributed by atoms with Crippen molar-refractivity contribution in [3.63, 3.8) is 0 Å². The SMILES string of the molecule is CC(C)(CCCO)CNC(=O)C1(C)CCNCC1. The van der Waals surface area contributed by atoms with Gasteiger partial charge in [-0.25, -0.2) is 0 Å². The molecule has 1 rings (SSSR count). The fourth-order valence-electron chi connectivity index (χ4n) is 2.38. The molecule has 0 aromatic carbocycles. The summed E-state index contributed by atoms with van der Waals surface area (Å²) in [5.74, 6) is 0.182. The van der Waals surface area contributed by atoms with E-state index >= 15 is 0 Å². The van der Waals surface area contributed by atoms with Crippen LogP contribution in [0, 0.1) is 10.8 Å². The van der Waals surface area contributed by atoms with Gasteiger partial charge in [0, 0.05) is 18.6 Å². The van der Waals surface area contributed by atoms with Crippen LogP contribution in [0.5, 0.6) is 0 Å². The van der Waals surface area contributed by atoms with Gasteiger partial charge in [0.1, 0.15) is 0 Å². The third-order valence-electron chi connectivity index (χ3n) is 3.99. The summed E-state index contributed by atoms with van der Waals surface area (Å²) in [4.78, 5) is 12.3. The minimum Gasteiger partial charge on any atom is -0.396 e. The van der Waals surface area contributed by atoms with E-state index in [2.05, 4.69) is 31.4 Å². The molecule has 3 N–H and O–H groups in total. The zero-order valence-electron chi connectivity index (χ0n) is 12.0. The third-order valence-corrected chi connectivity index (χ3v) is 3.99. The first-order valence-corrected chi connectivity index (χ1v) is 7.00. The molecule has 0 radical (unpaired) electrons. The van der Waals surface area contributed by atoms with Crippen molar-refractivity contribution in [2.24, 2.45) is 10.8 Å². The van der Waals surface area contributed by atoms with Crippen LogP contribution in [0.1, 0.15) is 46.5 Å². The van der Waals surface area contributed by atoms with Crippen molar-refractivity contribution in [2.45, 2.75) is 46.5 Å². The summed E-state index contributed by atoms with van der Waals surface area (Å²) < 4.78 is 0. The first-order chi connectivity index (χ1) is 8.40. The highest BCUT2D eigenvalue weighted by atomic mass is 16.2. The van der Waals surface area contributed by atoms with Gasteiger partial charge in [-0.2, -0.15) is 0 Å². The van der Waals surface area contributed by atoms with E-state index in [4.69, 9.17) is 5.11 Å². The van der Waals surface area contributed by atoms with Crippen molar-refractivity contribution in [2.75, 3.05) is 26.2 Å². The van der Waals surface area contributed by atoms with Crippen LogP contribution in [0.4, 0.5) is 0 Å². The molecule has 0 spiro atoms. The highest BCUT2D eigenvalue weighted by Gasteiger charge is 2.35. The van der Waals surface area contributed by atoms with Gasteiger partial charge in [-0.3, -0.25) is 4.79 Å². The quantitative estimate of drug-likeness (QED) is 0.671. The molecule has 1 aliphatic rings. The monoisotopic (exact) mass is 256 g/mol. The van der Waals surface area contributed by atoms with Crippen LogP contribution in [0.2, 0.25) is 0 Å². The molecular weight excluding hydrogens is 228 g/mol. The Bertz CT molecular complexity index is 271. The number of carbonyl (C=O) groups excluding carboxylic acids is 1. The van der Waals surface area contributed by atoms with Crippen LogP contribution in [0.25, 0.3) is 0 Å². The van der Waals surface area contributed by atoms with E-state index < -0.39 is 0 Å². The number of aliphatic hydroxyl groups excluding tert-OH is 1. The van der Waals surface area contributed by atoms with Gasteiger partial charge < -0.3 is 15.7 Å². The number of nitrogens with one attached hydrogen (secondary N) is 2. The Hall–Kier alpha value is -0.610. The Morgan fingerprint density at radius 2 is 2.00 bits per heavy atom. The molecule has 0 aromatic heterocycles. The standard InChI is InChI=1S/C14H28N2O2/c1-13(2,5-4-10-17)11-16-12(18)14(3)6-8-15-9-7-14/h15,17H,4-11H2,1-3H3,(H,16,18). The van der Waals surface area contributed by atoms with Gasteiger partial charge in [0.2, 0.25) is 5.91 Å². The summed E-state index contributed by atoms with van der Waals surface area (Å²) in [7, 11) is 0. The third kappa shape index (κ3) is 4.58. The number of hydrogen-bond acceptors (Lipinski definition) is 3. The average Bonchev–Trinajstić information content (AvgIpc) is 2.34. The summed E-state index contributed by atoms with van der Waals surface area (Å²) in [6, 6.07) is 0. The topological polar surface area (TPSA) is 61.4 Å². The summed E-state index contributed by atoms with van der Waals surface area (Å²) in [5.41, 5.74) is -0.153. The number of hydrogen-bond donors (Lipinski definition) is 3. The van der Waals surface area contributed by atoms with E-state index in [1.165, 1.54) is 0 Å². The fraction of sp³-hybridized carbons (Fsp3) is 0.929. The Labute approximate surface area is 111 Å². The Kier molecular flexibility index (Phi) is 5.60. The molecule has 0 aromatic rings. The maximum absolute atomic E-state index is 12.3. The van der Waals surface area contributed by atoms with Crippen LogP contribution in [0.15, 0.2) is 0 Å². The lowest BCUT2D eigenvalue weighted by Gasteiger charge is -2.34. The van der Waals surface area contributed by atoms with Crippen LogP contribution < -0.4 is 10.6 Å². The zero-order chi connectivity index (χ0) is 13.6. The van der Waals surface area contributed by atoms with E-state index in [0.717, 1.165) is 38.8 Å². The second-order valence-corrected chi connectivity index (χ2v) is 6.48. The van der Waals surface area contributed by atoms with Gasteiger partial charge in [-0.15, -0.1) is 0 Å². The molecule has 0 saturated carbocycles. The van der Waals surface area contributed by atoms with Crippen LogP contribution in [0.3, 0.4) is 0 Å². The van der Waals surface area contributed by atoms with Crippen molar-refractivity contribution >= 4 is 5.91 Å². The maximum atomic E-state index is 12.3. The predicted molar refractivity (Wildman–Crippen MR) is 73.3 cm³/mol. The molecular formula is C14H28N2O2. The molecule has 1 amide bonds. The second kappa shape index (κ2) is 6.53. The van der Waals surface area contributed by atoms with E-state index in [0.29, 0.717) is 6.54 Å². The summed E-state index contributed by atoms with van der Waals surface area (Å²) >= 11 is 0. The van der Waals surface area contributed by atoms with Gasteiger partial charge >= 0.3 is 0 Å². The Morgan fingerprint density at radius 1 is 1.39 bits per heavy atom. The number of amides is 1. The smallest absolute Gasteiger partial charge is 0.226 e. The minimum absolute atomic E-state index is 0.0572. The molecule has 18 heavy (non-hydrogen) atoms. The number of carbonyl (C=O) groups is 1. The van der Waals surface area contributed by atoms with Crippen molar-refractivity contribution < 1.29 is 9.90 Å². The summed E-state index contributed by atoms with van der Waals surface area (Å²) in [5, 5.41) is 15.2. The molecule has 1 fully saturated rings. The molecule has 1 saturated heterocycles. The van der Waals surface area contributed by atoms with Crippen molar-refractivity contribution in [3.05, 3.63) is 0 Å². The molecule has 1 heterocycles. The molecule has 0 aliphatic carbocycles. The molecule has 0 bridgehead atoms. The lowest BCUT2D eigenvalue weighted by molar-refractivity contribution is -0.132. The average molecular weight is 256 g/mol. The molecule has 4 heteroatoms. The highest BCUT2D eigenvalue weighted by molar-refractivity contribution is 5.82. The molecule has 0 unspecified atom stereocenters. The van der Waals surface area contributed by atoms with Crippen LogP contribution >= 0.6 is 0 Å². The largest absolute Gasteiger partial charge is 0.396 e. The number of piperidine rings is 1. The first-order valence-electron chi connectivity index (χ1n) is 7.00. The van der Waals surface area contributed by atoms with Gasteiger partial charge in [0.25, 0.3) is 0 Å². The lowest BCUT2D eigenvalue weighted by atomic mass is 9.79. The van der Waals surface area contributed by atoms with Gasteiger partial charge in [-0.1, -0.05) is 20.8 Å². The number of rotatable bonds is 6. The Balaban J connectivity index is 2.40. The van der Waals surface area contributed by atoms with Gasteiger partial charge in [0.05, 0.1) is 0 Å². The number of aliphatic hydroxyl groups is 1. The molecule has 0 atom stereocenters. The van der Waals surface area contributed by atoms with Gasteiger partial charge in [0.15, 0.2) is 0 Å². The second-order valence-electron chi connectivity index (χ2n) is 6.48. The first kappa shape index (κ1) is 15.4. The minimum atomic E-state index is -0.210. The molecule has 4 nitrogen and oxygen atoms in total. The van der Waals surface area contributed by atoms with E-state index in [9.17, 15) is 4.79 Å². The van der Waals surface area contributed by atoms with Crippen molar-refractivity contribution in [3.8, 4) is 0 Å². The van der Waals surface area contributed by atoms with E-state index in [1.54, 1.807) is 0 Å².